The van der Waals surface area contributed by atoms with Gasteiger partial charge >= 0.3 is 0 Å². The summed E-state index contributed by atoms with van der Waals surface area (Å²) in [4.78, 5) is 10.6. The SMILES string of the molecule is C[Si]1(C)c2ccccc2-c2c(-c3ccc4c(c3)c3ccccc3n4-c3ccccc3)nc(-c3ccccc3)nc21. The smallest absolute Gasteiger partial charge is 0.159 e. The van der Waals surface area contributed by atoms with Crippen LogP contribution in [-0.4, -0.2) is 22.6 Å². The predicted octanol–water partition coefficient (Wildman–Crippen LogP) is 7.71. The van der Waals surface area contributed by atoms with E-state index in [2.05, 4.69) is 139 Å². The van der Waals surface area contributed by atoms with Crippen molar-refractivity contribution >= 4 is 40.4 Å². The van der Waals surface area contributed by atoms with E-state index in [1.807, 2.05) is 6.07 Å². The van der Waals surface area contributed by atoms with Gasteiger partial charge in [-0.1, -0.05) is 110 Å². The van der Waals surface area contributed by atoms with Crippen molar-refractivity contribution in [3.63, 3.8) is 0 Å². The molecule has 0 amide bonds. The molecule has 0 atom stereocenters. The summed E-state index contributed by atoms with van der Waals surface area (Å²) in [7, 11) is -2.00. The quantitative estimate of drug-likeness (QED) is 0.220. The maximum absolute atomic E-state index is 5.31. The zero-order chi connectivity index (χ0) is 26.8. The van der Waals surface area contributed by atoms with Gasteiger partial charge in [0.25, 0.3) is 0 Å². The van der Waals surface area contributed by atoms with Gasteiger partial charge in [-0.25, -0.2) is 9.97 Å². The second-order valence-corrected chi connectivity index (χ2v) is 15.3. The fraction of sp³-hybridized carbons (Fsp3) is 0.0556. The van der Waals surface area contributed by atoms with E-state index in [9.17, 15) is 0 Å². The molecule has 0 saturated carbocycles. The van der Waals surface area contributed by atoms with Crippen LogP contribution in [0.15, 0.2) is 127 Å². The lowest BCUT2D eigenvalue weighted by molar-refractivity contribution is 1.18. The molecule has 0 radical (unpaired) electrons. The molecule has 5 aromatic carbocycles. The Kier molecular flexibility index (Phi) is 4.97. The summed E-state index contributed by atoms with van der Waals surface area (Å²) in [6.07, 6.45) is 0. The molecular formula is C36H27N3Si. The highest BCUT2D eigenvalue weighted by Crippen LogP contribution is 2.39. The number of rotatable bonds is 3. The van der Waals surface area contributed by atoms with Crippen molar-refractivity contribution in [3.8, 4) is 39.5 Å². The summed E-state index contributed by atoms with van der Waals surface area (Å²) in [5, 5.41) is 5.14. The highest BCUT2D eigenvalue weighted by atomic mass is 28.3. The van der Waals surface area contributed by atoms with Crippen molar-refractivity contribution in [2.24, 2.45) is 0 Å². The van der Waals surface area contributed by atoms with Crippen LogP contribution in [0.2, 0.25) is 13.1 Å². The van der Waals surface area contributed by atoms with E-state index >= 15 is 0 Å². The molecule has 0 unspecified atom stereocenters. The fourth-order valence-corrected chi connectivity index (χ4v) is 9.36. The average Bonchev–Trinajstić information content (AvgIpc) is 3.46. The lowest BCUT2D eigenvalue weighted by Crippen LogP contribution is -2.50. The molecule has 1 aliphatic rings. The maximum atomic E-state index is 5.31. The highest BCUT2D eigenvalue weighted by molar-refractivity contribution is 7.03. The Bertz CT molecular complexity index is 2080. The van der Waals surface area contributed by atoms with Crippen LogP contribution in [0.4, 0.5) is 0 Å². The molecule has 0 N–H and O–H groups in total. The van der Waals surface area contributed by atoms with Crippen LogP contribution in [-0.2, 0) is 0 Å². The Morgan fingerprint density at radius 2 is 1.25 bits per heavy atom. The first-order valence-corrected chi connectivity index (χ1v) is 16.8. The largest absolute Gasteiger partial charge is 0.309 e. The molecule has 190 valence electrons. The van der Waals surface area contributed by atoms with E-state index < -0.39 is 8.07 Å². The Morgan fingerprint density at radius 1 is 0.575 bits per heavy atom. The van der Waals surface area contributed by atoms with Gasteiger partial charge in [-0.3, -0.25) is 0 Å². The van der Waals surface area contributed by atoms with Crippen LogP contribution >= 0.6 is 0 Å². The minimum Gasteiger partial charge on any atom is -0.309 e. The molecule has 40 heavy (non-hydrogen) atoms. The standard InChI is InChI=1S/C36H27N3Si/c1-40(2)32-20-12-10-18-28(32)33-34(37-35(38-36(33)40)24-13-5-3-6-14-24)25-21-22-31-29(23-25)27-17-9-11-19-30(27)39(31)26-15-7-4-8-16-26/h3-23H,1-2H3. The van der Waals surface area contributed by atoms with E-state index in [4.69, 9.17) is 9.97 Å². The Balaban J connectivity index is 1.44. The molecule has 0 fully saturated rings. The summed E-state index contributed by atoms with van der Waals surface area (Å²) >= 11 is 0. The zero-order valence-electron chi connectivity index (χ0n) is 22.5. The zero-order valence-corrected chi connectivity index (χ0v) is 23.5. The molecule has 4 heteroatoms. The van der Waals surface area contributed by atoms with Gasteiger partial charge in [-0.2, -0.15) is 0 Å². The molecule has 7 aromatic rings. The lowest BCUT2D eigenvalue weighted by atomic mass is 9.99. The van der Waals surface area contributed by atoms with E-state index in [0.717, 1.165) is 28.3 Å². The summed E-state index contributed by atoms with van der Waals surface area (Å²) in [5.41, 5.74) is 9.26. The number of nitrogens with zero attached hydrogens (tertiary/aromatic N) is 3. The molecule has 2 aromatic heterocycles. The molecule has 3 heterocycles. The molecule has 0 bridgehead atoms. The van der Waals surface area contributed by atoms with Gasteiger partial charge < -0.3 is 4.57 Å². The number of para-hydroxylation sites is 2. The lowest BCUT2D eigenvalue weighted by Gasteiger charge is -2.19. The topological polar surface area (TPSA) is 30.7 Å². The van der Waals surface area contributed by atoms with Crippen LogP contribution in [0.1, 0.15) is 0 Å². The number of hydrogen-bond donors (Lipinski definition) is 0. The van der Waals surface area contributed by atoms with Gasteiger partial charge in [0.1, 0.15) is 8.07 Å². The summed E-state index contributed by atoms with van der Waals surface area (Å²) < 4.78 is 2.36. The normalized spacial score (nSPS) is 13.4. The van der Waals surface area contributed by atoms with E-state index in [0.29, 0.717) is 0 Å². The van der Waals surface area contributed by atoms with E-state index in [-0.39, 0.29) is 0 Å². The second kappa shape index (κ2) is 8.60. The predicted molar refractivity (Wildman–Crippen MR) is 169 cm³/mol. The van der Waals surface area contributed by atoms with E-state index in [1.54, 1.807) is 0 Å². The van der Waals surface area contributed by atoms with Gasteiger partial charge in [0.2, 0.25) is 0 Å². The van der Waals surface area contributed by atoms with Gasteiger partial charge in [0.05, 0.1) is 16.7 Å². The second-order valence-electron chi connectivity index (χ2n) is 11.1. The Morgan fingerprint density at radius 3 is 2.08 bits per heavy atom. The molecule has 8 rings (SSSR count). The molecule has 3 nitrogen and oxygen atoms in total. The number of aromatic nitrogens is 3. The van der Waals surface area contributed by atoms with Crippen molar-refractivity contribution in [3.05, 3.63) is 127 Å². The van der Waals surface area contributed by atoms with Crippen LogP contribution in [0.25, 0.3) is 61.3 Å². The highest BCUT2D eigenvalue weighted by Gasteiger charge is 2.41. The third kappa shape index (κ3) is 3.29. The van der Waals surface area contributed by atoms with Crippen molar-refractivity contribution in [1.29, 1.82) is 0 Å². The Hall–Kier alpha value is -4.80. The Labute approximate surface area is 234 Å². The molecule has 0 spiro atoms. The third-order valence-electron chi connectivity index (χ3n) is 8.36. The minimum absolute atomic E-state index is 0.801. The first-order chi connectivity index (χ1) is 19.6. The van der Waals surface area contributed by atoms with Gasteiger partial charge in [-0.15, -0.1) is 0 Å². The monoisotopic (exact) mass is 529 g/mol. The maximum Gasteiger partial charge on any atom is 0.159 e. The van der Waals surface area contributed by atoms with Gasteiger partial charge in [0.15, 0.2) is 5.82 Å². The van der Waals surface area contributed by atoms with Crippen LogP contribution in [0.5, 0.6) is 0 Å². The van der Waals surface area contributed by atoms with Gasteiger partial charge in [-0.05, 0) is 41.1 Å². The van der Waals surface area contributed by atoms with Crippen molar-refractivity contribution in [1.82, 2.24) is 14.5 Å². The summed E-state index contributed by atoms with van der Waals surface area (Å²) in [6, 6.07) is 45.4. The summed E-state index contributed by atoms with van der Waals surface area (Å²) in [5.74, 6) is 0.801. The van der Waals surface area contributed by atoms with Crippen LogP contribution in [0, 0.1) is 0 Å². The molecule has 0 saturated heterocycles. The number of benzene rings is 5. The fourth-order valence-electron chi connectivity index (χ4n) is 6.44. The first kappa shape index (κ1) is 23.1. The van der Waals surface area contributed by atoms with Crippen LogP contribution in [0.3, 0.4) is 0 Å². The number of fused-ring (bicyclic) bond motifs is 6. The summed E-state index contributed by atoms with van der Waals surface area (Å²) in [6.45, 7) is 4.83. The van der Waals surface area contributed by atoms with Gasteiger partial charge in [0, 0.05) is 38.5 Å². The van der Waals surface area contributed by atoms with E-state index in [1.165, 1.54) is 43.4 Å². The van der Waals surface area contributed by atoms with Crippen molar-refractivity contribution in [2.45, 2.75) is 13.1 Å². The first-order valence-electron chi connectivity index (χ1n) is 13.8. The average molecular weight is 530 g/mol. The molecule has 1 aliphatic heterocycles. The number of hydrogen-bond acceptors (Lipinski definition) is 2. The molecular weight excluding hydrogens is 503 g/mol. The van der Waals surface area contributed by atoms with Crippen LogP contribution < -0.4 is 10.5 Å². The third-order valence-corrected chi connectivity index (χ3v) is 11.7. The minimum atomic E-state index is -2.00. The molecule has 0 aliphatic carbocycles. The van der Waals surface area contributed by atoms with Crippen molar-refractivity contribution < 1.29 is 0 Å². The van der Waals surface area contributed by atoms with Crippen molar-refractivity contribution in [2.75, 3.05) is 0 Å².